The van der Waals surface area contributed by atoms with Gasteiger partial charge in [0.1, 0.15) is 18.1 Å². The van der Waals surface area contributed by atoms with E-state index in [0.717, 1.165) is 0 Å². The summed E-state index contributed by atoms with van der Waals surface area (Å²) in [5.41, 5.74) is 10.6. The Bertz CT molecular complexity index is 681. The minimum absolute atomic E-state index is 0.195. The first-order valence-corrected chi connectivity index (χ1v) is 9.15. The van der Waals surface area contributed by atoms with E-state index < -0.39 is 66.2 Å². The fourth-order valence-corrected chi connectivity index (χ4v) is 2.17. The van der Waals surface area contributed by atoms with E-state index in [4.69, 9.17) is 21.7 Å². The Morgan fingerprint density at radius 1 is 0.833 bits per heavy atom. The molecule has 0 heterocycles. The second-order valence-corrected chi connectivity index (χ2v) is 7.06. The van der Waals surface area contributed by atoms with Gasteiger partial charge in [-0.3, -0.25) is 24.0 Å². The molecule has 9 N–H and O–H groups in total. The van der Waals surface area contributed by atoms with Gasteiger partial charge in [0.05, 0.1) is 12.5 Å². The van der Waals surface area contributed by atoms with Gasteiger partial charge in [-0.05, 0) is 19.3 Å². The lowest BCUT2D eigenvalue weighted by Crippen LogP contribution is -2.57. The van der Waals surface area contributed by atoms with Crippen LogP contribution in [-0.4, -0.2) is 69.9 Å². The smallest absolute Gasteiger partial charge is 0.326 e. The Balaban J connectivity index is 5.16. The van der Waals surface area contributed by atoms with Crippen molar-refractivity contribution in [2.24, 2.45) is 17.4 Å². The van der Waals surface area contributed by atoms with Crippen LogP contribution in [-0.2, 0) is 28.8 Å². The van der Waals surface area contributed by atoms with Crippen molar-refractivity contribution in [3.63, 3.8) is 0 Å². The van der Waals surface area contributed by atoms with Crippen molar-refractivity contribution in [3.8, 4) is 0 Å². The highest BCUT2D eigenvalue weighted by molar-refractivity contribution is 5.95. The third-order valence-corrected chi connectivity index (χ3v) is 4.08. The number of amides is 4. The average molecular weight is 431 g/mol. The quantitative estimate of drug-likeness (QED) is 0.160. The van der Waals surface area contributed by atoms with Gasteiger partial charge in [-0.1, -0.05) is 13.8 Å². The molecule has 0 saturated carbocycles. The highest BCUT2D eigenvalue weighted by Gasteiger charge is 2.30. The van der Waals surface area contributed by atoms with E-state index in [1.165, 1.54) is 6.92 Å². The first-order chi connectivity index (χ1) is 13.8. The van der Waals surface area contributed by atoms with Gasteiger partial charge in [-0.25, -0.2) is 4.79 Å². The summed E-state index contributed by atoms with van der Waals surface area (Å²) in [5.74, 6) is -6.44. The number of nitrogens with one attached hydrogen (secondary N) is 3. The summed E-state index contributed by atoms with van der Waals surface area (Å²) in [6, 6.07) is -5.15. The molecule has 0 spiro atoms. The molecule has 0 aromatic heterocycles. The van der Waals surface area contributed by atoms with Crippen LogP contribution >= 0.6 is 0 Å². The minimum Gasteiger partial charge on any atom is -0.481 e. The average Bonchev–Trinajstić information content (AvgIpc) is 2.62. The number of primary amides is 1. The van der Waals surface area contributed by atoms with Crippen LogP contribution in [0.15, 0.2) is 0 Å². The van der Waals surface area contributed by atoms with Gasteiger partial charge in [0, 0.05) is 6.42 Å². The molecule has 0 aromatic carbocycles. The van der Waals surface area contributed by atoms with Gasteiger partial charge < -0.3 is 37.6 Å². The molecule has 0 saturated heterocycles. The Morgan fingerprint density at radius 3 is 1.80 bits per heavy atom. The molecular formula is C17H29N5O8. The minimum atomic E-state index is -1.62. The first kappa shape index (κ1) is 26.8. The molecule has 4 amide bonds. The summed E-state index contributed by atoms with van der Waals surface area (Å²) in [7, 11) is 0. The summed E-state index contributed by atoms with van der Waals surface area (Å²) in [5, 5.41) is 24.7. The van der Waals surface area contributed by atoms with Crippen molar-refractivity contribution >= 4 is 35.6 Å². The van der Waals surface area contributed by atoms with Crippen molar-refractivity contribution in [1.82, 2.24) is 16.0 Å². The second kappa shape index (κ2) is 12.4. The number of carbonyl (C=O) groups is 6. The van der Waals surface area contributed by atoms with Gasteiger partial charge in [0.2, 0.25) is 23.6 Å². The summed E-state index contributed by atoms with van der Waals surface area (Å²) < 4.78 is 0. The lowest BCUT2D eigenvalue weighted by atomic mass is 10.0. The third-order valence-electron chi connectivity index (χ3n) is 4.08. The largest absolute Gasteiger partial charge is 0.481 e. The number of hydrogen-bond acceptors (Lipinski definition) is 7. The molecule has 0 aromatic rings. The van der Waals surface area contributed by atoms with E-state index >= 15 is 0 Å². The molecule has 13 heteroatoms. The molecule has 13 nitrogen and oxygen atoms in total. The monoisotopic (exact) mass is 431 g/mol. The van der Waals surface area contributed by atoms with Gasteiger partial charge in [0.15, 0.2) is 0 Å². The molecule has 0 radical (unpaired) electrons. The molecule has 4 unspecified atom stereocenters. The maximum atomic E-state index is 12.3. The number of aliphatic carboxylic acids is 2. The normalized spacial score (nSPS) is 14.7. The molecule has 0 bridgehead atoms. The van der Waals surface area contributed by atoms with Crippen LogP contribution in [0.2, 0.25) is 0 Å². The number of carboxylic acids is 2. The Morgan fingerprint density at radius 2 is 1.37 bits per heavy atom. The van der Waals surface area contributed by atoms with E-state index in [1.807, 2.05) is 0 Å². The summed E-state index contributed by atoms with van der Waals surface area (Å²) in [6.07, 6.45) is -1.48. The summed E-state index contributed by atoms with van der Waals surface area (Å²) >= 11 is 0. The Hall–Kier alpha value is -3.22. The maximum Gasteiger partial charge on any atom is 0.326 e. The molecule has 30 heavy (non-hydrogen) atoms. The van der Waals surface area contributed by atoms with Crippen LogP contribution in [0, 0.1) is 5.92 Å². The zero-order valence-corrected chi connectivity index (χ0v) is 17.0. The van der Waals surface area contributed by atoms with Crippen LogP contribution in [0.4, 0.5) is 0 Å². The van der Waals surface area contributed by atoms with E-state index in [1.54, 1.807) is 13.8 Å². The van der Waals surface area contributed by atoms with E-state index in [2.05, 4.69) is 16.0 Å². The predicted octanol–water partition coefficient (Wildman–Crippen LogP) is -2.73. The van der Waals surface area contributed by atoms with Crippen molar-refractivity contribution in [3.05, 3.63) is 0 Å². The highest BCUT2D eigenvalue weighted by atomic mass is 16.4. The van der Waals surface area contributed by atoms with E-state index in [9.17, 15) is 28.8 Å². The molecule has 4 atom stereocenters. The molecule has 0 fully saturated rings. The summed E-state index contributed by atoms with van der Waals surface area (Å²) in [4.78, 5) is 69.7. The van der Waals surface area contributed by atoms with Crippen LogP contribution in [0.3, 0.4) is 0 Å². The molecule has 170 valence electrons. The SMILES string of the molecule is CC(NC(=O)C(N)C(C)C)C(=O)NC(CC(=O)O)C(=O)NC(CCC(N)=O)C(=O)O. The Labute approximate surface area is 172 Å². The first-order valence-electron chi connectivity index (χ1n) is 9.15. The Kier molecular flexibility index (Phi) is 11.0. The standard InChI is InChI=1S/C17H29N5O8/c1-7(2)13(19)16(28)20-8(3)14(26)22-10(6-12(24)25)15(27)21-9(17(29)30)4-5-11(18)23/h7-10,13H,4-6,19H2,1-3H3,(H2,18,23)(H,20,28)(H,21,27)(H,22,26)(H,24,25)(H,29,30). The van der Waals surface area contributed by atoms with Gasteiger partial charge in [0.25, 0.3) is 0 Å². The van der Waals surface area contributed by atoms with Gasteiger partial charge >= 0.3 is 11.9 Å². The fourth-order valence-electron chi connectivity index (χ4n) is 2.17. The highest BCUT2D eigenvalue weighted by Crippen LogP contribution is 2.02. The van der Waals surface area contributed by atoms with Gasteiger partial charge in [-0.15, -0.1) is 0 Å². The lowest BCUT2D eigenvalue weighted by Gasteiger charge is -2.23. The van der Waals surface area contributed by atoms with Gasteiger partial charge in [-0.2, -0.15) is 0 Å². The van der Waals surface area contributed by atoms with Crippen LogP contribution in [0.5, 0.6) is 0 Å². The molecule has 0 aliphatic rings. The molecular weight excluding hydrogens is 402 g/mol. The summed E-state index contributed by atoms with van der Waals surface area (Å²) in [6.45, 7) is 4.72. The third kappa shape index (κ3) is 9.82. The van der Waals surface area contributed by atoms with Crippen LogP contribution in [0.25, 0.3) is 0 Å². The van der Waals surface area contributed by atoms with E-state index in [-0.39, 0.29) is 18.8 Å². The number of rotatable bonds is 13. The fraction of sp³-hybridized carbons (Fsp3) is 0.647. The van der Waals surface area contributed by atoms with Crippen molar-refractivity contribution < 1.29 is 39.0 Å². The van der Waals surface area contributed by atoms with Crippen LogP contribution in [0.1, 0.15) is 40.0 Å². The number of carboxylic acid groups (broad SMARTS) is 2. The topological polar surface area (TPSA) is 231 Å². The van der Waals surface area contributed by atoms with E-state index in [0.29, 0.717) is 0 Å². The maximum absolute atomic E-state index is 12.3. The van der Waals surface area contributed by atoms with Crippen molar-refractivity contribution in [2.45, 2.75) is 64.2 Å². The lowest BCUT2D eigenvalue weighted by molar-refractivity contribution is -0.143. The zero-order valence-electron chi connectivity index (χ0n) is 17.0. The number of carbonyl (C=O) groups excluding carboxylic acids is 4. The van der Waals surface area contributed by atoms with Crippen molar-refractivity contribution in [2.75, 3.05) is 0 Å². The number of nitrogens with two attached hydrogens (primary N) is 2. The molecule has 0 aliphatic heterocycles. The second-order valence-electron chi connectivity index (χ2n) is 7.06. The number of hydrogen-bond donors (Lipinski definition) is 7. The predicted molar refractivity (Wildman–Crippen MR) is 103 cm³/mol. The molecule has 0 rings (SSSR count). The van der Waals surface area contributed by atoms with Crippen LogP contribution < -0.4 is 27.4 Å². The molecule has 0 aliphatic carbocycles. The zero-order chi connectivity index (χ0) is 23.6. The van der Waals surface area contributed by atoms with Crippen molar-refractivity contribution in [1.29, 1.82) is 0 Å².